The minimum absolute atomic E-state index is 0.613. The Morgan fingerprint density at radius 1 is 0.286 bits per heavy atom. The van der Waals surface area contributed by atoms with E-state index >= 15 is 0 Å². The zero-order chi connectivity index (χ0) is 42.4. The molecule has 2 heteroatoms. The van der Waals surface area contributed by atoms with Crippen molar-refractivity contribution in [3.05, 3.63) is 260 Å². The number of nitrogens with zero attached hydrogens (tertiary/aromatic N) is 2. The SMILES string of the molecule is CC1C=CC(c2ccc(-c3ccc(N(c4ccccc4)c4ccc(-c5ccc(N(c6ccccc6)c6ccc(-c7ccc(-c8ccccc8)cc7)cc6)cc5)cc4)cc3)cc2)=CC1. The minimum atomic E-state index is 0.613. The average Bonchev–Trinajstić information content (AvgIpc) is 3.36. The number of benzene rings is 9. The van der Waals surface area contributed by atoms with E-state index in [1.165, 1.54) is 55.6 Å². The molecule has 0 saturated heterocycles. The maximum absolute atomic E-state index is 2.35. The molecule has 0 saturated carbocycles. The van der Waals surface area contributed by atoms with Gasteiger partial charge in [0.15, 0.2) is 0 Å². The summed E-state index contributed by atoms with van der Waals surface area (Å²) in [6, 6.07) is 85.2. The number of anilines is 6. The van der Waals surface area contributed by atoms with Crippen molar-refractivity contribution in [3.63, 3.8) is 0 Å². The van der Waals surface area contributed by atoms with E-state index in [-0.39, 0.29) is 0 Å². The zero-order valence-electron chi connectivity index (χ0n) is 35.4. The quantitative estimate of drug-likeness (QED) is 0.128. The molecular weight excluding hydrogens is 761 g/mol. The van der Waals surface area contributed by atoms with Gasteiger partial charge in [-0.2, -0.15) is 0 Å². The number of rotatable bonds is 11. The molecule has 1 aliphatic rings. The molecule has 1 aliphatic carbocycles. The highest BCUT2D eigenvalue weighted by Gasteiger charge is 2.16. The van der Waals surface area contributed by atoms with E-state index in [9.17, 15) is 0 Å². The molecule has 0 bridgehead atoms. The summed E-state index contributed by atoms with van der Waals surface area (Å²) in [7, 11) is 0. The molecule has 302 valence electrons. The first-order valence-corrected chi connectivity index (χ1v) is 21.9. The van der Waals surface area contributed by atoms with Gasteiger partial charge in [0.25, 0.3) is 0 Å². The molecule has 0 fully saturated rings. The van der Waals surface area contributed by atoms with Crippen LogP contribution in [0.15, 0.2) is 255 Å². The van der Waals surface area contributed by atoms with Crippen LogP contribution in [0.25, 0.3) is 50.1 Å². The second-order valence-electron chi connectivity index (χ2n) is 16.3. The molecule has 2 nitrogen and oxygen atoms in total. The molecule has 0 amide bonds. The van der Waals surface area contributed by atoms with Gasteiger partial charge >= 0.3 is 0 Å². The third kappa shape index (κ3) is 8.66. The van der Waals surface area contributed by atoms with Crippen molar-refractivity contribution >= 4 is 39.7 Å². The molecule has 0 spiro atoms. The van der Waals surface area contributed by atoms with Gasteiger partial charge in [0.2, 0.25) is 0 Å². The Bertz CT molecular complexity index is 2950. The van der Waals surface area contributed by atoms with Crippen LogP contribution < -0.4 is 9.80 Å². The standard InChI is InChI=1S/C61H48N2/c1-45-17-19-47(20-18-45)49-25-27-51(28-26-49)53-31-39-59(40-32-53)63(57-15-9-4-10-16-57)61-43-35-55(36-44-61)54-33-41-60(42-34-54)62(56-13-7-3-8-14-56)58-37-29-52(30-38-58)50-23-21-48(22-24-50)46-11-5-2-6-12-46/h2-17,19-45H,18H2,1H3. The maximum Gasteiger partial charge on any atom is 0.0462 e. The summed E-state index contributed by atoms with van der Waals surface area (Å²) in [5.41, 5.74) is 18.8. The molecule has 9 aromatic carbocycles. The Balaban J connectivity index is 0.880. The van der Waals surface area contributed by atoms with Gasteiger partial charge in [0, 0.05) is 34.1 Å². The van der Waals surface area contributed by atoms with Crippen LogP contribution in [0.3, 0.4) is 0 Å². The van der Waals surface area contributed by atoms with Gasteiger partial charge in [-0.1, -0.05) is 189 Å². The fourth-order valence-corrected chi connectivity index (χ4v) is 8.54. The average molecular weight is 809 g/mol. The van der Waals surface area contributed by atoms with Gasteiger partial charge in [0.1, 0.15) is 0 Å². The lowest BCUT2D eigenvalue weighted by atomic mass is 9.93. The molecule has 9 aromatic rings. The lowest BCUT2D eigenvalue weighted by Gasteiger charge is -2.26. The van der Waals surface area contributed by atoms with E-state index in [1.54, 1.807) is 0 Å². The van der Waals surface area contributed by atoms with Crippen LogP contribution in [-0.2, 0) is 0 Å². The predicted molar refractivity (Wildman–Crippen MR) is 268 cm³/mol. The fourth-order valence-electron chi connectivity index (χ4n) is 8.54. The molecule has 0 radical (unpaired) electrons. The monoisotopic (exact) mass is 808 g/mol. The van der Waals surface area contributed by atoms with Crippen LogP contribution in [0.4, 0.5) is 34.1 Å². The number of hydrogen-bond acceptors (Lipinski definition) is 2. The molecular formula is C61H48N2. The van der Waals surface area contributed by atoms with Crippen LogP contribution >= 0.6 is 0 Å². The van der Waals surface area contributed by atoms with Crippen molar-refractivity contribution in [2.45, 2.75) is 13.3 Å². The van der Waals surface area contributed by atoms with E-state index in [0.717, 1.165) is 40.5 Å². The Morgan fingerprint density at radius 3 is 0.841 bits per heavy atom. The van der Waals surface area contributed by atoms with E-state index in [4.69, 9.17) is 0 Å². The fraction of sp³-hybridized carbons (Fsp3) is 0.0492. The van der Waals surface area contributed by atoms with Crippen LogP contribution in [-0.4, -0.2) is 0 Å². The third-order valence-electron chi connectivity index (χ3n) is 12.1. The van der Waals surface area contributed by atoms with Crippen LogP contribution in [0.5, 0.6) is 0 Å². The largest absolute Gasteiger partial charge is 0.311 e. The number of allylic oxidation sites excluding steroid dienone is 4. The number of hydrogen-bond donors (Lipinski definition) is 0. The highest BCUT2D eigenvalue weighted by atomic mass is 15.1. The second kappa shape index (κ2) is 18.0. The predicted octanol–water partition coefficient (Wildman–Crippen LogP) is 17.3. The Hall–Kier alpha value is -7.94. The van der Waals surface area contributed by atoms with Gasteiger partial charge in [-0.05, 0) is 141 Å². The third-order valence-corrected chi connectivity index (χ3v) is 12.1. The molecule has 1 unspecified atom stereocenters. The first-order chi connectivity index (χ1) is 31.1. The summed E-state index contributed by atoms with van der Waals surface area (Å²) in [6.07, 6.45) is 8.01. The topological polar surface area (TPSA) is 6.48 Å². The van der Waals surface area contributed by atoms with Gasteiger partial charge in [-0.15, -0.1) is 0 Å². The Labute approximate surface area is 372 Å². The van der Waals surface area contributed by atoms with Gasteiger partial charge < -0.3 is 9.80 Å². The van der Waals surface area contributed by atoms with Crippen molar-refractivity contribution < 1.29 is 0 Å². The summed E-state index contributed by atoms with van der Waals surface area (Å²) >= 11 is 0. The lowest BCUT2D eigenvalue weighted by Crippen LogP contribution is -2.10. The Kier molecular flexibility index (Phi) is 11.2. The lowest BCUT2D eigenvalue weighted by molar-refractivity contribution is 0.739. The van der Waals surface area contributed by atoms with Gasteiger partial charge in [0.05, 0.1) is 0 Å². The maximum atomic E-state index is 2.35. The summed E-state index contributed by atoms with van der Waals surface area (Å²) in [5, 5.41) is 0. The molecule has 1 atom stereocenters. The van der Waals surface area contributed by atoms with Crippen LogP contribution in [0.2, 0.25) is 0 Å². The zero-order valence-corrected chi connectivity index (χ0v) is 35.4. The van der Waals surface area contributed by atoms with Gasteiger partial charge in [-0.25, -0.2) is 0 Å². The molecule has 0 N–H and O–H groups in total. The van der Waals surface area contributed by atoms with Gasteiger partial charge in [-0.3, -0.25) is 0 Å². The van der Waals surface area contributed by atoms with E-state index in [0.29, 0.717) is 5.92 Å². The minimum Gasteiger partial charge on any atom is -0.311 e. The van der Waals surface area contributed by atoms with Crippen LogP contribution in [0.1, 0.15) is 18.9 Å². The van der Waals surface area contributed by atoms with E-state index in [1.807, 2.05) is 0 Å². The van der Waals surface area contributed by atoms with Crippen LogP contribution in [0, 0.1) is 5.92 Å². The second-order valence-corrected chi connectivity index (χ2v) is 16.3. The first-order valence-electron chi connectivity index (χ1n) is 21.9. The number of para-hydroxylation sites is 2. The molecule has 0 aromatic heterocycles. The first kappa shape index (κ1) is 39.2. The highest BCUT2D eigenvalue weighted by molar-refractivity contribution is 5.83. The smallest absolute Gasteiger partial charge is 0.0462 e. The normalized spacial score (nSPS) is 13.3. The van der Waals surface area contributed by atoms with Crippen molar-refractivity contribution in [1.29, 1.82) is 0 Å². The van der Waals surface area contributed by atoms with E-state index < -0.39 is 0 Å². The van der Waals surface area contributed by atoms with Crippen molar-refractivity contribution in [1.82, 2.24) is 0 Å². The molecule has 10 rings (SSSR count). The van der Waals surface area contributed by atoms with E-state index in [2.05, 4.69) is 272 Å². The Morgan fingerprint density at radius 2 is 0.540 bits per heavy atom. The highest BCUT2D eigenvalue weighted by Crippen LogP contribution is 2.39. The molecule has 0 aliphatic heterocycles. The summed E-state index contributed by atoms with van der Waals surface area (Å²) in [6.45, 7) is 2.26. The summed E-state index contributed by atoms with van der Waals surface area (Å²) < 4.78 is 0. The summed E-state index contributed by atoms with van der Waals surface area (Å²) in [4.78, 5) is 4.64. The van der Waals surface area contributed by atoms with Crippen molar-refractivity contribution in [3.8, 4) is 44.5 Å². The summed E-state index contributed by atoms with van der Waals surface area (Å²) in [5.74, 6) is 0.613. The molecule has 63 heavy (non-hydrogen) atoms. The van der Waals surface area contributed by atoms with Crippen molar-refractivity contribution in [2.75, 3.05) is 9.80 Å². The van der Waals surface area contributed by atoms with Crippen molar-refractivity contribution in [2.24, 2.45) is 5.92 Å². The molecule has 0 heterocycles.